The first-order chi connectivity index (χ1) is 8.41. The Hall–Kier alpha value is 0.600. The molecular weight excluding hydrogens is 414 g/mol. The Bertz CT molecular complexity index is 630. The average molecular weight is 418 g/mol. The van der Waals surface area contributed by atoms with Crippen molar-refractivity contribution in [3.63, 3.8) is 0 Å². The number of rotatable bonds is 2. The Balaban J connectivity index is 0.00000180. The van der Waals surface area contributed by atoms with Gasteiger partial charge < -0.3 is 19.8 Å². The first kappa shape index (κ1) is 20.6. The molecule has 0 atom stereocenters. The molecule has 0 saturated carbocycles. The second-order valence-corrected chi connectivity index (χ2v) is 5.26. The van der Waals surface area contributed by atoms with Crippen molar-refractivity contribution >= 4 is 54.6 Å². The molecular formula is C12H4Br2Na2O4. The molecule has 20 heavy (non-hydrogen) atoms. The minimum atomic E-state index is -1.55. The van der Waals surface area contributed by atoms with Gasteiger partial charge in [0.25, 0.3) is 0 Å². The standard InChI is InChI=1S/C12H6Br2O4.2Na/c13-9-1-2-10(14)6-4-8(12(17)18)7(11(15)16)3-5(6)9;;/h1-4H,(H,15,16)(H,17,18);;/q;2*+1/p-2. The predicted octanol–water partition coefficient (Wildman–Crippen LogP) is -4.90. The van der Waals surface area contributed by atoms with Gasteiger partial charge in [0.15, 0.2) is 0 Å². The first-order valence-electron chi connectivity index (χ1n) is 4.76. The minimum absolute atomic E-state index is 0. The van der Waals surface area contributed by atoms with Gasteiger partial charge in [-0.05, 0) is 35.0 Å². The summed E-state index contributed by atoms with van der Waals surface area (Å²) < 4.78 is 1.32. The molecule has 2 aromatic rings. The first-order valence-corrected chi connectivity index (χ1v) is 6.35. The molecule has 0 aliphatic carbocycles. The third kappa shape index (κ3) is 4.08. The van der Waals surface area contributed by atoms with Crippen LogP contribution < -0.4 is 69.3 Å². The molecule has 0 bridgehead atoms. The smallest absolute Gasteiger partial charge is 0.545 e. The van der Waals surface area contributed by atoms with Gasteiger partial charge in [0.1, 0.15) is 0 Å². The predicted molar refractivity (Wildman–Crippen MR) is 68.0 cm³/mol. The van der Waals surface area contributed by atoms with Crippen LogP contribution in [0.4, 0.5) is 0 Å². The van der Waals surface area contributed by atoms with E-state index < -0.39 is 23.1 Å². The van der Waals surface area contributed by atoms with Crippen LogP contribution >= 0.6 is 31.9 Å². The molecule has 0 spiro atoms. The summed E-state index contributed by atoms with van der Waals surface area (Å²) in [6, 6.07) is 5.96. The van der Waals surface area contributed by atoms with E-state index in [1.54, 1.807) is 12.1 Å². The van der Waals surface area contributed by atoms with E-state index in [1.807, 2.05) is 0 Å². The molecule has 0 unspecified atom stereocenters. The van der Waals surface area contributed by atoms with Crippen molar-refractivity contribution in [3.05, 3.63) is 44.3 Å². The molecule has 0 fully saturated rings. The maximum atomic E-state index is 10.9. The van der Waals surface area contributed by atoms with Crippen LogP contribution in [0.1, 0.15) is 20.7 Å². The van der Waals surface area contributed by atoms with E-state index >= 15 is 0 Å². The quantitative estimate of drug-likeness (QED) is 0.459. The molecule has 0 amide bonds. The van der Waals surface area contributed by atoms with Crippen LogP contribution in [0.15, 0.2) is 33.2 Å². The van der Waals surface area contributed by atoms with Crippen LogP contribution in [0.25, 0.3) is 10.8 Å². The molecule has 0 aromatic heterocycles. The molecule has 0 saturated heterocycles. The topological polar surface area (TPSA) is 80.3 Å². The largest absolute Gasteiger partial charge is 1.00 e. The number of carbonyl (C=O) groups excluding carboxylic acids is 2. The van der Waals surface area contributed by atoms with Gasteiger partial charge in [-0.25, -0.2) is 0 Å². The fourth-order valence-electron chi connectivity index (χ4n) is 1.66. The molecule has 0 aliphatic heterocycles. The fourth-order valence-corrected chi connectivity index (χ4v) is 2.58. The van der Waals surface area contributed by atoms with Gasteiger partial charge in [0, 0.05) is 20.1 Å². The molecule has 0 radical (unpaired) electrons. The molecule has 0 heterocycles. The van der Waals surface area contributed by atoms with Crippen LogP contribution in [0, 0.1) is 0 Å². The number of carboxylic acids is 2. The Morgan fingerprint density at radius 3 is 1.35 bits per heavy atom. The van der Waals surface area contributed by atoms with Crippen LogP contribution in [-0.2, 0) is 0 Å². The summed E-state index contributed by atoms with van der Waals surface area (Å²) in [7, 11) is 0. The van der Waals surface area contributed by atoms with Crippen LogP contribution in [0.5, 0.6) is 0 Å². The van der Waals surface area contributed by atoms with Crippen LogP contribution in [0.2, 0.25) is 0 Å². The molecule has 0 aliphatic rings. The summed E-state index contributed by atoms with van der Waals surface area (Å²) in [5.41, 5.74) is -0.803. The minimum Gasteiger partial charge on any atom is -0.545 e. The Labute approximate surface area is 175 Å². The van der Waals surface area contributed by atoms with Gasteiger partial charge in [-0.1, -0.05) is 31.9 Å². The third-order valence-corrected chi connectivity index (χ3v) is 3.87. The maximum absolute atomic E-state index is 10.9. The summed E-state index contributed by atoms with van der Waals surface area (Å²) >= 11 is 6.56. The molecule has 4 nitrogen and oxygen atoms in total. The zero-order valence-corrected chi connectivity index (χ0v) is 17.9. The molecule has 2 rings (SSSR count). The number of fused-ring (bicyclic) bond motifs is 1. The van der Waals surface area contributed by atoms with Gasteiger partial charge >= 0.3 is 59.1 Å². The van der Waals surface area contributed by atoms with Crippen LogP contribution in [0.3, 0.4) is 0 Å². The average Bonchev–Trinajstić information content (AvgIpc) is 2.32. The Morgan fingerprint density at radius 1 is 0.800 bits per heavy atom. The number of hydrogen-bond acceptors (Lipinski definition) is 4. The number of aromatic carboxylic acids is 2. The summed E-state index contributed by atoms with van der Waals surface area (Å²) in [6.45, 7) is 0. The molecule has 92 valence electrons. The van der Waals surface area contributed by atoms with Gasteiger partial charge in [-0.15, -0.1) is 0 Å². The SMILES string of the molecule is O=C([O-])c1cc2c(Br)ccc(Br)c2cc1C(=O)[O-].[Na+].[Na+]. The molecule has 8 heteroatoms. The zero-order chi connectivity index (χ0) is 13.4. The second kappa shape index (κ2) is 8.29. The number of benzene rings is 2. The van der Waals surface area contributed by atoms with Crippen LogP contribution in [-0.4, -0.2) is 11.9 Å². The summed E-state index contributed by atoms with van der Waals surface area (Å²) in [5, 5.41) is 23.0. The van der Waals surface area contributed by atoms with Crippen molar-refractivity contribution in [1.29, 1.82) is 0 Å². The van der Waals surface area contributed by atoms with E-state index in [-0.39, 0.29) is 59.1 Å². The van der Waals surface area contributed by atoms with E-state index in [1.165, 1.54) is 12.1 Å². The van der Waals surface area contributed by atoms with E-state index in [4.69, 9.17) is 0 Å². The number of hydrogen-bond donors (Lipinski definition) is 0. The van der Waals surface area contributed by atoms with E-state index in [0.717, 1.165) is 0 Å². The number of carboxylic acid groups (broad SMARTS) is 2. The maximum Gasteiger partial charge on any atom is 1.00 e. The van der Waals surface area contributed by atoms with E-state index in [2.05, 4.69) is 31.9 Å². The Kier molecular flexibility index (Phi) is 8.54. The Morgan fingerprint density at radius 2 is 1.10 bits per heavy atom. The van der Waals surface area contributed by atoms with Crippen molar-refractivity contribution in [2.75, 3.05) is 0 Å². The van der Waals surface area contributed by atoms with Gasteiger partial charge in [-0.3, -0.25) is 0 Å². The third-order valence-electron chi connectivity index (χ3n) is 2.49. The van der Waals surface area contributed by atoms with Crippen molar-refractivity contribution < 1.29 is 78.9 Å². The molecule has 0 N–H and O–H groups in total. The number of carbonyl (C=O) groups is 2. The van der Waals surface area contributed by atoms with Crippen molar-refractivity contribution in [2.45, 2.75) is 0 Å². The van der Waals surface area contributed by atoms with Gasteiger partial charge in [0.05, 0.1) is 11.9 Å². The number of halogens is 2. The summed E-state index contributed by atoms with van der Waals surface area (Å²) in [5.74, 6) is -3.11. The molecule has 2 aromatic carbocycles. The monoisotopic (exact) mass is 416 g/mol. The van der Waals surface area contributed by atoms with Crippen molar-refractivity contribution in [2.24, 2.45) is 0 Å². The zero-order valence-electron chi connectivity index (χ0n) is 10.7. The van der Waals surface area contributed by atoms with E-state index in [0.29, 0.717) is 19.7 Å². The summed E-state index contributed by atoms with van der Waals surface area (Å²) in [4.78, 5) is 21.9. The second-order valence-electron chi connectivity index (χ2n) is 3.55. The van der Waals surface area contributed by atoms with Gasteiger partial charge in [-0.2, -0.15) is 0 Å². The van der Waals surface area contributed by atoms with Crippen molar-refractivity contribution in [3.8, 4) is 0 Å². The summed E-state index contributed by atoms with van der Waals surface area (Å²) in [6.07, 6.45) is 0. The van der Waals surface area contributed by atoms with E-state index in [9.17, 15) is 19.8 Å². The van der Waals surface area contributed by atoms with Crippen molar-refractivity contribution in [1.82, 2.24) is 0 Å². The van der Waals surface area contributed by atoms with Gasteiger partial charge in [0.2, 0.25) is 0 Å². The normalized spacial score (nSPS) is 9.50. The fraction of sp³-hybridized carbons (Fsp3) is 0.